The van der Waals surface area contributed by atoms with Crippen LogP contribution in [0.5, 0.6) is 0 Å². The largest absolute Gasteiger partial charge is 0.481 e. The summed E-state index contributed by atoms with van der Waals surface area (Å²) in [5, 5.41) is 9.17. The van der Waals surface area contributed by atoms with E-state index in [1.807, 2.05) is 0 Å². The lowest BCUT2D eigenvalue weighted by atomic mass is 9.84. The molecule has 1 N–H and O–H groups in total. The van der Waals surface area contributed by atoms with Crippen molar-refractivity contribution >= 4 is 5.97 Å². The number of carboxylic acids is 1. The summed E-state index contributed by atoms with van der Waals surface area (Å²) in [6, 6.07) is 0.571. The maximum Gasteiger partial charge on any atom is 0.308 e. The summed E-state index contributed by atoms with van der Waals surface area (Å²) in [6.07, 6.45) is 6.78. The Bertz CT molecular complexity index is 273. The fourth-order valence-corrected chi connectivity index (χ4v) is 3.57. The van der Waals surface area contributed by atoms with Crippen molar-refractivity contribution in [1.82, 2.24) is 4.90 Å². The van der Waals surface area contributed by atoms with Gasteiger partial charge in [0.2, 0.25) is 0 Å². The van der Waals surface area contributed by atoms with Crippen LogP contribution >= 0.6 is 0 Å². The number of likely N-dealkylation sites (tertiary alicyclic amines) is 1. The fourth-order valence-electron chi connectivity index (χ4n) is 3.57. The Morgan fingerprint density at radius 3 is 2.41 bits per heavy atom. The van der Waals surface area contributed by atoms with Crippen molar-refractivity contribution in [2.75, 3.05) is 13.1 Å². The molecule has 3 nitrogen and oxygen atoms in total. The molecule has 0 spiro atoms. The summed E-state index contributed by atoms with van der Waals surface area (Å²) in [5.41, 5.74) is 0. The van der Waals surface area contributed by atoms with Crippen molar-refractivity contribution in [2.24, 2.45) is 17.8 Å². The standard InChI is InChI=1S/C14H25NO2/c1-10-8-15(9-13(10)14(16)17)11(2)12-6-4-3-5-7-12/h10-13H,3-9H2,1-2H3,(H,16,17). The maximum absolute atomic E-state index is 11.1. The molecule has 3 atom stereocenters. The Morgan fingerprint density at radius 1 is 1.24 bits per heavy atom. The minimum Gasteiger partial charge on any atom is -0.481 e. The molecule has 0 bridgehead atoms. The van der Waals surface area contributed by atoms with E-state index in [0.29, 0.717) is 12.0 Å². The van der Waals surface area contributed by atoms with Crippen LogP contribution in [0.15, 0.2) is 0 Å². The zero-order chi connectivity index (χ0) is 12.4. The topological polar surface area (TPSA) is 40.5 Å². The number of hydrogen-bond acceptors (Lipinski definition) is 2. The first-order valence-corrected chi connectivity index (χ1v) is 7.06. The third-order valence-electron chi connectivity index (χ3n) is 4.87. The molecule has 3 unspecified atom stereocenters. The molecule has 2 aliphatic rings. The van der Waals surface area contributed by atoms with E-state index in [1.165, 1.54) is 32.1 Å². The summed E-state index contributed by atoms with van der Waals surface area (Å²) in [6.45, 7) is 6.10. The summed E-state index contributed by atoms with van der Waals surface area (Å²) in [7, 11) is 0. The summed E-state index contributed by atoms with van der Waals surface area (Å²) in [5.74, 6) is 0.332. The number of carbonyl (C=O) groups is 1. The second-order valence-electron chi connectivity index (χ2n) is 6.01. The summed E-state index contributed by atoms with van der Waals surface area (Å²) < 4.78 is 0. The highest BCUT2D eigenvalue weighted by Gasteiger charge is 2.38. The summed E-state index contributed by atoms with van der Waals surface area (Å²) >= 11 is 0. The zero-order valence-corrected chi connectivity index (χ0v) is 11.1. The van der Waals surface area contributed by atoms with Crippen LogP contribution in [0.3, 0.4) is 0 Å². The fraction of sp³-hybridized carbons (Fsp3) is 0.929. The molecule has 0 aromatic heterocycles. The lowest BCUT2D eigenvalue weighted by Crippen LogP contribution is -2.38. The first-order valence-electron chi connectivity index (χ1n) is 7.06. The minimum absolute atomic E-state index is 0.152. The zero-order valence-electron chi connectivity index (χ0n) is 11.1. The van der Waals surface area contributed by atoms with Gasteiger partial charge in [0, 0.05) is 19.1 Å². The van der Waals surface area contributed by atoms with Gasteiger partial charge in [-0.3, -0.25) is 9.69 Å². The van der Waals surface area contributed by atoms with Gasteiger partial charge < -0.3 is 5.11 Å². The highest BCUT2D eigenvalue weighted by molar-refractivity contribution is 5.71. The number of rotatable bonds is 3. The maximum atomic E-state index is 11.1. The van der Waals surface area contributed by atoms with Crippen LogP contribution in [0.4, 0.5) is 0 Å². The highest BCUT2D eigenvalue weighted by atomic mass is 16.4. The first-order chi connectivity index (χ1) is 8.09. The number of nitrogens with zero attached hydrogens (tertiary/aromatic N) is 1. The molecule has 1 aliphatic heterocycles. The van der Waals surface area contributed by atoms with Gasteiger partial charge in [0.05, 0.1) is 5.92 Å². The molecule has 2 fully saturated rings. The van der Waals surface area contributed by atoms with Crippen molar-refractivity contribution in [1.29, 1.82) is 0 Å². The molecule has 1 aliphatic carbocycles. The van der Waals surface area contributed by atoms with Gasteiger partial charge in [0.15, 0.2) is 0 Å². The predicted octanol–water partition coefficient (Wildman–Crippen LogP) is 2.61. The van der Waals surface area contributed by atoms with Gasteiger partial charge in [0.1, 0.15) is 0 Å². The molecule has 0 aromatic carbocycles. The predicted molar refractivity (Wildman–Crippen MR) is 67.9 cm³/mol. The van der Waals surface area contributed by atoms with Crippen LogP contribution < -0.4 is 0 Å². The Kier molecular flexibility index (Phi) is 4.08. The molecule has 3 heteroatoms. The molecular formula is C14H25NO2. The van der Waals surface area contributed by atoms with Crippen LogP contribution in [-0.4, -0.2) is 35.1 Å². The van der Waals surface area contributed by atoms with Gasteiger partial charge in [-0.05, 0) is 31.6 Å². The molecule has 0 aromatic rings. The van der Waals surface area contributed by atoms with E-state index in [2.05, 4.69) is 18.7 Å². The molecule has 1 heterocycles. The number of hydrogen-bond donors (Lipinski definition) is 1. The minimum atomic E-state index is -0.615. The second-order valence-corrected chi connectivity index (χ2v) is 6.01. The average molecular weight is 239 g/mol. The highest BCUT2D eigenvalue weighted by Crippen LogP contribution is 2.33. The lowest BCUT2D eigenvalue weighted by Gasteiger charge is -2.34. The quantitative estimate of drug-likeness (QED) is 0.823. The van der Waals surface area contributed by atoms with Gasteiger partial charge in [-0.1, -0.05) is 26.2 Å². The van der Waals surface area contributed by atoms with Crippen molar-refractivity contribution in [3.8, 4) is 0 Å². The van der Waals surface area contributed by atoms with Gasteiger partial charge in [0.25, 0.3) is 0 Å². The van der Waals surface area contributed by atoms with Crippen LogP contribution in [0.1, 0.15) is 46.0 Å². The molecule has 17 heavy (non-hydrogen) atoms. The van der Waals surface area contributed by atoms with Crippen molar-refractivity contribution in [3.05, 3.63) is 0 Å². The van der Waals surface area contributed by atoms with E-state index in [9.17, 15) is 4.79 Å². The first kappa shape index (κ1) is 12.9. The molecule has 1 saturated heterocycles. The smallest absolute Gasteiger partial charge is 0.308 e. The molecule has 0 amide bonds. The molecule has 0 radical (unpaired) electrons. The lowest BCUT2D eigenvalue weighted by molar-refractivity contribution is -0.142. The van der Waals surface area contributed by atoms with Crippen LogP contribution in [0.25, 0.3) is 0 Å². The van der Waals surface area contributed by atoms with E-state index in [-0.39, 0.29) is 5.92 Å². The number of aliphatic carboxylic acids is 1. The molecular weight excluding hydrogens is 214 g/mol. The summed E-state index contributed by atoms with van der Waals surface area (Å²) in [4.78, 5) is 13.5. The van der Waals surface area contributed by atoms with E-state index in [0.717, 1.165) is 19.0 Å². The van der Waals surface area contributed by atoms with Crippen LogP contribution in [-0.2, 0) is 4.79 Å². The Labute approximate surface area is 104 Å². The van der Waals surface area contributed by atoms with Gasteiger partial charge in [-0.2, -0.15) is 0 Å². The van der Waals surface area contributed by atoms with E-state index >= 15 is 0 Å². The normalized spacial score (nSPS) is 33.8. The Morgan fingerprint density at radius 2 is 1.88 bits per heavy atom. The van der Waals surface area contributed by atoms with Gasteiger partial charge in [-0.15, -0.1) is 0 Å². The molecule has 2 rings (SSSR count). The van der Waals surface area contributed by atoms with E-state index < -0.39 is 5.97 Å². The monoisotopic (exact) mass is 239 g/mol. The molecule has 1 saturated carbocycles. The third-order valence-corrected chi connectivity index (χ3v) is 4.87. The van der Waals surface area contributed by atoms with Gasteiger partial charge >= 0.3 is 5.97 Å². The Balaban J connectivity index is 1.92. The van der Waals surface area contributed by atoms with Crippen LogP contribution in [0.2, 0.25) is 0 Å². The van der Waals surface area contributed by atoms with E-state index in [4.69, 9.17) is 5.11 Å². The average Bonchev–Trinajstić information content (AvgIpc) is 2.71. The van der Waals surface area contributed by atoms with Crippen molar-refractivity contribution in [2.45, 2.75) is 52.0 Å². The van der Waals surface area contributed by atoms with E-state index in [1.54, 1.807) is 0 Å². The second kappa shape index (κ2) is 5.38. The van der Waals surface area contributed by atoms with Crippen molar-refractivity contribution < 1.29 is 9.90 Å². The van der Waals surface area contributed by atoms with Crippen LogP contribution in [0, 0.1) is 17.8 Å². The van der Waals surface area contributed by atoms with Gasteiger partial charge in [-0.25, -0.2) is 0 Å². The SMILES string of the molecule is CC1CN(C(C)C2CCCCC2)CC1C(=O)O. The molecule has 98 valence electrons. The van der Waals surface area contributed by atoms with Crippen molar-refractivity contribution in [3.63, 3.8) is 0 Å². The third kappa shape index (κ3) is 2.82. The Hall–Kier alpha value is -0.570. The number of carboxylic acid groups (broad SMARTS) is 1.